The van der Waals surface area contributed by atoms with Crippen LogP contribution in [-0.2, 0) is 14.6 Å². The molecular formula is C10H10FNO3S. The first kappa shape index (κ1) is 11.1. The van der Waals surface area contributed by atoms with E-state index in [0.717, 1.165) is 12.1 Å². The van der Waals surface area contributed by atoms with Crippen molar-refractivity contribution in [1.29, 1.82) is 0 Å². The van der Waals surface area contributed by atoms with Crippen LogP contribution in [0.3, 0.4) is 0 Å². The van der Waals surface area contributed by atoms with Crippen LogP contribution in [0.25, 0.3) is 0 Å². The standard InChI is InChI=1S/C10H10FNO3S/c1-6-5-16(14,15)9-3-2-7(11)4-8(9)12-10(6)13/h2-4,6H,5H2,1H3,(H,12,13). The van der Waals surface area contributed by atoms with E-state index in [-0.39, 0.29) is 16.3 Å². The second kappa shape index (κ2) is 3.55. The summed E-state index contributed by atoms with van der Waals surface area (Å²) in [6.07, 6.45) is 0. The molecule has 0 spiro atoms. The van der Waals surface area contributed by atoms with Gasteiger partial charge in [0.2, 0.25) is 5.91 Å². The normalized spacial score (nSPS) is 23.1. The van der Waals surface area contributed by atoms with Crippen molar-refractivity contribution >= 4 is 21.4 Å². The van der Waals surface area contributed by atoms with Crippen molar-refractivity contribution in [2.24, 2.45) is 5.92 Å². The van der Waals surface area contributed by atoms with Crippen molar-refractivity contribution in [2.45, 2.75) is 11.8 Å². The Hall–Kier alpha value is -1.43. The largest absolute Gasteiger partial charge is 0.325 e. The van der Waals surface area contributed by atoms with Gasteiger partial charge in [0, 0.05) is 5.92 Å². The van der Waals surface area contributed by atoms with E-state index in [9.17, 15) is 17.6 Å². The molecule has 1 heterocycles. The Balaban J connectivity index is 2.65. The lowest BCUT2D eigenvalue weighted by molar-refractivity contribution is -0.118. The maximum atomic E-state index is 13.0. The number of nitrogens with one attached hydrogen (secondary N) is 1. The molecule has 1 aromatic carbocycles. The number of hydrogen-bond donors (Lipinski definition) is 1. The Kier molecular flexibility index (Phi) is 2.46. The minimum atomic E-state index is -3.53. The smallest absolute Gasteiger partial charge is 0.228 e. The second-order valence-corrected chi connectivity index (χ2v) is 5.81. The van der Waals surface area contributed by atoms with Crippen LogP contribution in [0.2, 0.25) is 0 Å². The Bertz CT molecular complexity index is 553. The summed E-state index contributed by atoms with van der Waals surface area (Å²) in [4.78, 5) is 11.5. The van der Waals surface area contributed by atoms with Gasteiger partial charge in [0.1, 0.15) is 5.82 Å². The van der Waals surface area contributed by atoms with Gasteiger partial charge >= 0.3 is 0 Å². The zero-order valence-corrected chi connectivity index (χ0v) is 9.34. The van der Waals surface area contributed by atoms with Gasteiger partial charge in [-0.25, -0.2) is 12.8 Å². The molecule has 0 aliphatic carbocycles. The van der Waals surface area contributed by atoms with Crippen LogP contribution in [0.5, 0.6) is 0 Å². The molecule has 2 rings (SSSR count). The summed E-state index contributed by atoms with van der Waals surface area (Å²) in [5, 5.41) is 2.41. The molecule has 6 heteroatoms. The van der Waals surface area contributed by atoms with Gasteiger partial charge < -0.3 is 5.32 Å². The van der Waals surface area contributed by atoms with Crippen molar-refractivity contribution in [1.82, 2.24) is 0 Å². The minimum Gasteiger partial charge on any atom is -0.325 e. The summed E-state index contributed by atoms with van der Waals surface area (Å²) in [7, 11) is -3.53. The summed E-state index contributed by atoms with van der Waals surface area (Å²) in [6.45, 7) is 1.52. The molecule has 0 fully saturated rings. The number of carbonyl (C=O) groups is 1. The Morgan fingerprint density at radius 1 is 1.44 bits per heavy atom. The average Bonchev–Trinajstić information content (AvgIpc) is 2.22. The number of carbonyl (C=O) groups excluding carboxylic acids is 1. The molecule has 1 unspecified atom stereocenters. The number of rotatable bonds is 0. The van der Waals surface area contributed by atoms with E-state index in [0.29, 0.717) is 0 Å². The molecule has 0 aromatic heterocycles. The van der Waals surface area contributed by atoms with E-state index in [2.05, 4.69) is 5.32 Å². The predicted octanol–water partition coefficient (Wildman–Crippen LogP) is 1.19. The highest BCUT2D eigenvalue weighted by atomic mass is 32.2. The van der Waals surface area contributed by atoms with Gasteiger partial charge in [-0.15, -0.1) is 0 Å². The number of amides is 1. The fourth-order valence-electron chi connectivity index (χ4n) is 1.62. The first-order chi connectivity index (χ1) is 7.40. The molecule has 16 heavy (non-hydrogen) atoms. The highest BCUT2D eigenvalue weighted by Crippen LogP contribution is 2.28. The predicted molar refractivity (Wildman–Crippen MR) is 56.2 cm³/mol. The first-order valence-electron chi connectivity index (χ1n) is 4.73. The molecule has 1 aromatic rings. The number of benzene rings is 1. The second-order valence-electron chi connectivity index (χ2n) is 3.81. The molecule has 0 saturated carbocycles. The first-order valence-corrected chi connectivity index (χ1v) is 6.38. The number of fused-ring (bicyclic) bond motifs is 1. The molecule has 1 atom stereocenters. The molecule has 0 radical (unpaired) electrons. The third kappa shape index (κ3) is 1.80. The quantitative estimate of drug-likeness (QED) is 0.696. The monoisotopic (exact) mass is 243 g/mol. The molecule has 86 valence electrons. The summed E-state index contributed by atoms with van der Waals surface area (Å²) in [6, 6.07) is 3.26. The Labute approximate surface area is 92.4 Å². The molecule has 1 amide bonds. The lowest BCUT2D eigenvalue weighted by Gasteiger charge is -2.05. The minimum absolute atomic E-state index is 0.0217. The van der Waals surface area contributed by atoms with Crippen LogP contribution >= 0.6 is 0 Å². The van der Waals surface area contributed by atoms with Gasteiger partial charge in [-0.2, -0.15) is 0 Å². The number of anilines is 1. The van der Waals surface area contributed by atoms with Crippen molar-refractivity contribution < 1.29 is 17.6 Å². The van der Waals surface area contributed by atoms with E-state index < -0.39 is 27.5 Å². The highest BCUT2D eigenvalue weighted by Gasteiger charge is 2.30. The van der Waals surface area contributed by atoms with Crippen molar-refractivity contribution in [3.63, 3.8) is 0 Å². The lowest BCUT2D eigenvalue weighted by Crippen LogP contribution is -2.22. The summed E-state index contributed by atoms with van der Waals surface area (Å²) < 4.78 is 36.6. The van der Waals surface area contributed by atoms with E-state index >= 15 is 0 Å². The molecule has 4 nitrogen and oxygen atoms in total. The lowest BCUT2D eigenvalue weighted by atomic mass is 10.2. The van der Waals surface area contributed by atoms with E-state index in [1.807, 2.05) is 0 Å². The molecule has 0 bridgehead atoms. The highest BCUT2D eigenvalue weighted by molar-refractivity contribution is 7.91. The van der Waals surface area contributed by atoms with Crippen molar-refractivity contribution in [2.75, 3.05) is 11.1 Å². The number of halogens is 1. The van der Waals surface area contributed by atoms with Crippen LogP contribution in [-0.4, -0.2) is 20.1 Å². The van der Waals surface area contributed by atoms with Crippen LogP contribution in [0, 0.1) is 11.7 Å². The zero-order chi connectivity index (χ0) is 11.9. The van der Waals surface area contributed by atoms with Crippen LogP contribution in [0.15, 0.2) is 23.1 Å². The molecule has 0 saturated heterocycles. The van der Waals surface area contributed by atoms with Gasteiger partial charge in [0.05, 0.1) is 16.3 Å². The SMILES string of the molecule is CC1CS(=O)(=O)c2ccc(F)cc2NC1=O. The van der Waals surface area contributed by atoms with Crippen LogP contribution < -0.4 is 5.32 Å². The van der Waals surface area contributed by atoms with Gasteiger partial charge in [-0.3, -0.25) is 4.79 Å². The van der Waals surface area contributed by atoms with Crippen molar-refractivity contribution in [3.8, 4) is 0 Å². The van der Waals surface area contributed by atoms with Crippen LogP contribution in [0.1, 0.15) is 6.92 Å². The maximum absolute atomic E-state index is 13.0. The van der Waals surface area contributed by atoms with Gasteiger partial charge in [0.15, 0.2) is 9.84 Å². The maximum Gasteiger partial charge on any atom is 0.228 e. The fraction of sp³-hybridized carbons (Fsp3) is 0.300. The van der Waals surface area contributed by atoms with Crippen LogP contribution in [0.4, 0.5) is 10.1 Å². The van der Waals surface area contributed by atoms with Gasteiger partial charge in [-0.05, 0) is 18.2 Å². The average molecular weight is 243 g/mol. The third-order valence-electron chi connectivity index (χ3n) is 2.45. The number of sulfone groups is 1. The van der Waals surface area contributed by atoms with E-state index in [1.54, 1.807) is 0 Å². The van der Waals surface area contributed by atoms with Gasteiger partial charge in [0.25, 0.3) is 0 Å². The molecule has 1 aliphatic rings. The summed E-state index contributed by atoms with van der Waals surface area (Å²) in [5.41, 5.74) is 0.0225. The molecule has 1 N–H and O–H groups in total. The summed E-state index contributed by atoms with van der Waals surface area (Å²) >= 11 is 0. The zero-order valence-electron chi connectivity index (χ0n) is 8.53. The topological polar surface area (TPSA) is 63.2 Å². The third-order valence-corrected chi connectivity index (χ3v) is 4.42. The number of hydrogen-bond acceptors (Lipinski definition) is 3. The molecular weight excluding hydrogens is 233 g/mol. The molecule has 1 aliphatic heterocycles. The van der Waals surface area contributed by atoms with Crippen molar-refractivity contribution in [3.05, 3.63) is 24.0 Å². The Morgan fingerprint density at radius 2 is 2.12 bits per heavy atom. The summed E-state index contributed by atoms with van der Waals surface area (Å²) in [5.74, 6) is -1.88. The Morgan fingerprint density at radius 3 is 2.81 bits per heavy atom. The fourth-order valence-corrected chi connectivity index (χ4v) is 3.33. The van der Waals surface area contributed by atoms with E-state index in [4.69, 9.17) is 0 Å². The van der Waals surface area contributed by atoms with Gasteiger partial charge in [-0.1, -0.05) is 6.92 Å². The van der Waals surface area contributed by atoms with E-state index in [1.165, 1.54) is 13.0 Å².